The van der Waals surface area contributed by atoms with Crippen molar-refractivity contribution in [3.63, 3.8) is 0 Å². The van der Waals surface area contributed by atoms with Crippen molar-refractivity contribution in [3.8, 4) is 0 Å². The molecule has 0 saturated carbocycles. The standard InChI is InChI=1S/C14H27NO3/c1-9(10(2)12(17)18)11(16)15-14(6,7)8-13(3,4)5/h9-10H,8H2,1-7H3,(H,15,16)(H,17,18). The van der Waals surface area contributed by atoms with Crippen LogP contribution in [0.25, 0.3) is 0 Å². The summed E-state index contributed by atoms with van der Waals surface area (Å²) >= 11 is 0. The number of hydrogen-bond acceptors (Lipinski definition) is 2. The number of hydrogen-bond donors (Lipinski definition) is 2. The highest BCUT2D eigenvalue weighted by Crippen LogP contribution is 2.27. The zero-order valence-electron chi connectivity index (χ0n) is 12.6. The van der Waals surface area contributed by atoms with Crippen molar-refractivity contribution in [2.24, 2.45) is 17.3 Å². The molecular formula is C14H27NO3. The Morgan fingerprint density at radius 2 is 1.50 bits per heavy atom. The fraction of sp³-hybridized carbons (Fsp3) is 0.857. The number of rotatable bonds is 5. The van der Waals surface area contributed by atoms with E-state index < -0.39 is 17.8 Å². The van der Waals surface area contributed by atoms with Gasteiger partial charge in [-0.15, -0.1) is 0 Å². The topological polar surface area (TPSA) is 66.4 Å². The van der Waals surface area contributed by atoms with Crippen LogP contribution >= 0.6 is 0 Å². The molecule has 0 aromatic heterocycles. The Morgan fingerprint density at radius 1 is 1.06 bits per heavy atom. The minimum absolute atomic E-state index is 0.110. The highest BCUT2D eigenvalue weighted by molar-refractivity contribution is 5.84. The van der Waals surface area contributed by atoms with Crippen LogP contribution in [0.2, 0.25) is 0 Å². The zero-order chi connectivity index (χ0) is 14.7. The van der Waals surface area contributed by atoms with Crippen LogP contribution in [-0.2, 0) is 9.59 Å². The molecule has 0 heterocycles. The predicted molar refractivity (Wildman–Crippen MR) is 72.3 cm³/mol. The van der Waals surface area contributed by atoms with E-state index in [9.17, 15) is 9.59 Å². The average molecular weight is 257 g/mol. The van der Waals surface area contributed by atoms with Crippen LogP contribution in [0.15, 0.2) is 0 Å². The van der Waals surface area contributed by atoms with Gasteiger partial charge in [-0.2, -0.15) is 0 Å². The molecule has 0 spiro atoms. The van der Waals surface area contributed by atoms with Crippen LogP contribution in [0, 0.1) is 17.3 Å². The molecular weight excluding hydrogens is 230 g/mol. The minimum atomic E-state index is -0.939. The fourth-order valence-corrected chi connectivity index (χ4v) is 2.26. The van der Waals surface area contributed by atoms with Crippen molar-refractivity contribution >= 4 is 11.9 Å². The number of carbonyl (C=O) groups excluding carboxylic acids is 1. The van der Waals surface area contributed by atoms with E-state index in [1.165, 1.54) is 0 Å². The van der Waals surface area contributed by atoms with Crippen molar-refractivity contribution in [2.75, 3.05) is 0 Å². The van der Waals surface area contributed by atoms with Gasteiger partial charge in [-0.05, 0) is 25.7 Å². The van der Waals surface area contributed by atoms with E-state index in [1.54, 1.807) is 13.8 Å². The summed E-state index contributed by atoms with van der Waals surface area (Å²) in [5, 5.41) is 11.9. The first kappa shape index (κ1) is 16.9. The molecule has 0 bridgehead atoms. The highest BCUT2D eigenvalue weighted by atomic mass is 16.4. The number of amides is 1. The molecule has 0 saturated heterocycles. The van der Waals surface area contributed by atoms with E-state index in [1.807, 2.05) is 13.8 Å². The molecule has 2 atom stereocenters. The van der Waals surface area contributed by atoms with E-state index in [2.05, 4.69) is 26.1 Å². The molecule has 0 aliphatic rings. The summed E-state index contributed by atoms with van der Waals surface area (Å²) in [6, 6.07) is 0. The summed E-state index contributed by atoms with van der Waals surface area (Å²) in [6.07, 6.45) is 0.833. The van der Waals surface area contributed by atoms with E-state index in [4.69, 9.17) is 5.11 Å². The molecule has 106 valence electrons. The van der Waals surface area contributed by atoms with Crippen molar-refractivity contribution < 1.29 is 14.7 Å². The van der Waals surface area contributed by atoms with Crippen LogP contribution in [0.4, 0.5) is 0 Å². The van der Waals surface area contributed by atoms with Crippen LogP contribution in [0.3, 0.4) is 0 Å². The quantitative estimate of drug-likeness (QED) is 0.795. The third kappa shape index (κ3) is 6.03. The summed E-state index contributed by atoms with van der Waals surface area (Å²) in [7, 11) is 0. The Kier molecular flexibility index (Phi) is 5.38. The second kappa shape index (κ2) is 5.72. The van der Waals surface area contributed by atoms with Gasteiger partial charge in [0.05, 0.1) is 5.92 Å². The molecule has 2 unspecified atom stereocenters. The molecule has 0 radical (unpaired) electrons. The second-order valence-electron chi connectivity index (χ2n) is 7.03. The lowest BCUT2D eigenvalue weighted by atomic mass is 9.81. The lowest BCUT2D eigenvalue weighted by molar-refractivity contribution is -0.146. The molecule has 0 fully saturated rings. The maximum absolute atomic E-state index is 12.0. The smallest absolute Gasteiger partial charge is 0.307 e. The highest BCUT2D eigenvalue weighted by Gasteiger charge is 2.31. The van der Waals surface area contributed by atoms with E-state index >= 15 is 0 Å². The van der Waals surface area contributed by atoms with Gasteiger partial charge in [-0.25, -0.2) is 0 Å². The molecule has 2 N–H and O–H groups in total. The molecule has 1 amide bonds. The van der Waals surface area contributed by atoms with Crippen LogP contribution < -0.4 is 5.32 Å². The van der Waals surface area contributed by atoms with Gasteiger partial charge in [0.1, 0.15) is 0 Å². The molecule has 4 heteroatoms. The second-order valence-corrected chi connectivity index (χ2v) is 7.03. The normalized spacial score (nSPS) is 15.9. The van der Waals surface area contributed by atoms with Crippen molar-refractivity contribution in [3.05, 3.63) is 0 Å². The third-order valence-electron chi connectivity index (χ3n) is 2.99. The Morgan fingerprint density at radius 3 is 1.83 bits per heavy atom. The van der Waals surface area contributed by atoms with Gasteiger partial charge < -0.3 is 10.4 Å². The number of nitrogens with one attached hydrogen (secondary N) is 1. The van der Waals surface area contributed by atoms with E-state index in [-0.39, 0.29) is 16.9 Å². The molecule has 0 aliphatic heterocycles. The molecule has 0 aromatic rings. The van der Waals surface area contributed by atoms with E-state index in [0.29, 0.717) is 0 Å². The molecule has 18 heavy (non-hydrogen) atoms. The van der Waals surface area contributed by atoms with Gasteiger partial charge in [0.2, 0.25) is 5.91 Å². The summed E-state index contributed by atoms with van der Waals surface area (Å²) in [5.74, 6) is -2.33. The lowest BCUT2D eigenvalue weighted by Gasteiger charge is -2.34. The first-order chi connectivity index (χ1) is 7.86. The predicted octanol–water partition coefficient (Wildman–Crippen LogP) is 2.67. The summed E-state index contributed by atoms with van der Waals surface area (Å²) in [5.41, 5.74) is -0.222. The Hall–Kier alpha value is -1.06. The van der Waals surface area contributed by atoms with Crippen molar-refractivity contribution in [1.29, 1.82) is 0 Å². The van der Waals surface area contributed by atoms with Gasteiger partial charge in [-0.1, -0.05) is 34.6 Å². The summed E-state index contributed by atoms with van der Waals surface area (Å²) in [4.78, 5) is 22.9. The molecule has 0 aliphatic carbocycles. The number of carbonyl (C=O) groups is 2. The SMILES string of the molecule is CC(C(=O)O)C(C)C(=O)NC(C)(C)CC(C)(C)C. The molecule has 0 aromatic carbocycles. The van der Waals surface area contributed by atoms with Gasteiger partial charge >= 0.3 is 5.97 Å². The van der Waals surface area contributed by atoms with Crippen LogP contribution in [-0.4, -0.2) is 22.5 Å². The third-order valence-corrected chi connectivity index (χ3v) is 2.99. The van der Waals surface area contributed by atoms with Crippen molar-refractivity contribution in [1.82, 2.24) is 5.32 Å². The average Bonchev–Trinajstić information content (AvgIpc) is 2.10. The largest absolute Gasteiger partial charge is 0.481 e. The first-order valence-electron chi connectivity index (χ1n) is 6.40. The van der Waals surface area contributed by atoms with E-state index in [0.717, 1.165) is 6.42 Å². The van der Waals surface area contributed by atoms with Crippen LogP contribution in [0.5, 0.6) is 0 Å². The Bertz CT molecular complexity index is 315. The monoisotopic (exact) mass is 257 g/mol. The maximum Gasteiger partial charge on any atom is 0.307 e. The number of carboxylic acid groups (broad SMARTS) is 1. The number of carboxylic acids is 1. The molecule has 4 nitrogen and oxygen atoms in total. The maximum atomic E-state index is 12.0. The zero-order valence-corrected chi connectivity index (χ0v) is 12.6. The van der Waals surface area contributed by atoms with Gasteiger partial charge in [0.25, 0.3) is 0 Å². The minimum Gasteiger partial charge on any atom is -0.481 e. The number of aliphatic carboxylic acids is 1. The van der Waals surface area contributed by atoms with Gasteiger partial charge in [-0.3, -0.25) is 9.59 Å². The fourth-order valence-electron chi connectivity index (χ4n) is 2.26. The van der Waals surface area contributed by atoms with Gasteiger partial charge in [0, 0.05) is 11.5 Å². The summed E-state index contributed by atoms with van der Waals surface area (Å²) < 4.78 is 0. The summed E-state index contributed by atoms with van der Waals surface area (Å²) in [6.45, 7) is 13.5. The van der Waals surface area contributed by atoms with Crippen molar-refractivity contribution in [2.45, 2.75) is 60.4 Å². The Labute approximate surface area is 110 Å². The van der Waals surface area contributed by atoms with Gasteiger partial charge in [0.15, 0.2) is 0 Å². The van der Waals surface area contributed by atoms with Crippen LogP contribution in [0.1, 0.15) is 54.9 Å². The lowest BCUT2D eigenvalue weighted by Crippen LogP contribution is -2.49. The molecule has 0 rings (SSSR count). The first-order valence-corrected chi connectivity index (χ1v) is 6.40. The Balaban J connectivity index is 4.60.